The van der Waals surface area contributed by atoms with E-state index >= 15 is 0 Å². The second kappa shape index (κ2) is 4.98. The molecule has 1 fully saturated rings. The summed E-state index contributed by atoms with van der Waals surface area (Å²) in [6, 6.07) is 2.01. The van der Waals surface area contributed by atoms with Gasteiger partial charge in [-0.15, -0.1) is 0 Å². The molecule has 1 atom stereocenters. The van der Waals surface area contributed by atoms with Gasteiger partial charge in [-0.2, -0.15) is 0 Å². The van der Waals surface area contributed by atoms with Crippen molar-refractivity contribution in [2.45, 2.75) is 25.4 Å². The normalized spacial score (nSPS) is 20.4. The Morgan fingerprint density at radius 1 is 1.67 bits per heavy atom. The van der Waals surface area contributed by atoms with Gasteiger partial charge in [-0.25, -0.2) is 0 Å². The summed E-state index contributed by atoms with van der Waals surface area (Å²) >= 11 is 0. The van der Waals surface area contributed by atoms with E-state index in [0.717, 1.165) is 25.9 Å². The van der Waals surface area contributed by atoms with E-state index in [2.05, 4.69) is 10.3 Å². The Morgan fingerprint density at radius 3 is 3.27 bits per heavy atom. The smallest absolute Gasteiger partial charge is 0.249 e. The second-order valence-electron chi connectivity index (χ2n) is 3.76. The summed E-state index contributed by atoms with van der Waals surface area (Å²) < 4.78 is 5.28. The highest BCUT2D eigenvalue weighted by Gasteiger charge is 2.22. The molecule has 1 amide bonds. The molecule has 1 saturated heterocycles. The molecule has 0 saturated carbocycles. The van der Waals surface area contributed by atoms with Crippen molar-refractivity contribution < 1.29 is 9.53 Å². The first-order valence-corrected chi connectivity index (χ1v) is 5.37. The monoisotopic (exact) mass is 208 g/mol. The third-order valence-electron chi connectivity index (χ3n) is 2.60. The Balaban J connectivity index is 1.67. The zero-order valence-electron chi connectivity index (χ0n) is 8.66. The summed E-state index contributed by atoms with van der Waals surface area (Å²) in [5.41, 5.74) is 1.21. The molecule has 2 rings (SSSR count). The highest BCUT2D eigenvalue weighted by molar-refractivity contribution is 5.80. The van der Waals surface area contributed by atoms with Gasteiger partial charge in [-0.3, -0.25) is 4.79 Å². The molecule has 2 N–H and O–H groups in total. The molecule has 2 heterocycles. The largest absolute Gasteiger partial charge is 0.368 e. The molecule has 1 aliphatic heterocycles. The van der Waals surface area contributed by atoms with Crippen molar-refractivity contribution in [3.05, 3.63) is 24.0 Å². The standard InChI is InChI=1S/C11H16N2O2/c14-11(10-2-1-7-15-10)13-6-4-9-3-5-12-8-9/h3,5,8,10,12H,1-2,4,6-7H2,(H,13,14). The average Bonchev–Trinajstić information content (AvgIpc) is 2.90. The Morgan fingerprint density at radius 2 is 2.60 bits per heavy atom. The van der Waals surface area contributed by atoms with Crippen LogP contribution in [0.25, 0.3) is 0 Å². The minimum atomic E-state index is -0.212. The number of nitrogens with one attached hydrogen (secondary N) is 2. The van der Waals surface area contributed by atoms with Crippen LogP contribution in [0.15, 0.2) is 18.5 Å². The van der Waals surface area contributed by atoms with Crippen LogP contribution in [-0.2, 0) is 16.0 Å². The summed E-state index contributed by atoms with van der Waals surface area (Å²) in [6.45, 7) is 1.40. The van der Waals surface area contributed by atoms with Gasteiger partial charge in [0.1, 0.15) is 6.10 Å². The molecule has 0 bridgehead atoms. The van der Waals surface area contributed by atoms with Crippen molar-refractivity contribution in [3.63, 3.8) is 0 Å². The molecule has 82 valence electrons. The lowest BCUT2D eigenvalue weighted by Gasteiger charge is -2.09. The number of carbonyl (C=O) groups is 1. The molecule has 1 aromatic rings. The van der Waals surface area contributed by atoms with Crippen LogP contribution in [0.4, 0.5) is 0 Å². The van der Waals surface area contributed by atoms with Gasteiger partial charge < -0.3 is 15.0 Å². The fraction of sp³-hybridized carbons (Fsp3) is 0.545. The SMILES string of the molecule is O=C(NCCc1cc[nH]c1)C1CCCO1. The molecule has 1 unspecified atom stereocenters. The van der Waals surface area contributed by atoms with Crippen LogP contribution in [0.2, 0.25) is 0 Å². The maximum absolute atomic E-state index is 11.5. The maximum atomic E-state index is 11.5. The molecule has 0 aliphatic carbocycles. The van der Waals surface area contributed by atoms with E-state index in [9.17, 15) is 4.79 Å². The van der Waals surface area contributed by atoms with Gasteiger partial charge in [0.15, 0.2) is 0 Å². The number of amides is 1. The fourth-order valence-electron chi connectivity index (χ4n) is 1.74. The van der Waals surface area contributed by atoms with Crippen LogP contribution < -0.4 is 5.32 Å². The third kappa shape index (κ3) is 2.83. The van der Waals surface area contributed by atoms with Crippen molar-refractivity contribution in [2.75, 3.05) is 13.2 Å². The van der Waals surface area contributed by atoms with Crippen molar-refractivity contribution in [2.24, 2.45) is 0 Å². The molecule has 0 radical (unpaired) electrons. The van der Waals surface area contributed by atoms with Gasteiger partial charge in [-0.05, 0) is 30.9 Å². The highest BCUT2D eigenvalue weighted by Crippen LogP contribution is 2.11. The zero-order valence-corrected chi connectivity index (χ0v) is 8.66. The Labute approximate surface area is 89.0 Å². The van der Waals surface area contributed by atoms with Crippen LogP contribution in [0.5, 0.6) is 0 Å². The number of rotatable bonds is 4. The molecule has 0 aromatic carbocycles. The van der Waals surface area contributed by atoms with Crippen molar-refractivity contribution in [3.8, 4) is 0 Å². The number of hydrogen-bond acceptors (Lipinski definition) is 2. The first kappa shape index (κ1) is 10.2. The number of ether oxygens (including phenoxy) is 1. The molecule has 0 spiro atoms. The first-order valence-electron chi connectivity index (χ1n) is 5.37. The number of hydrogen-bond donors (Lipinski definition) is 2. The Kier molecular flexibility index (Phi) is 3.40. The van der Waals surface area contributed by atoms with Gasteiger partial charge in [0.25, 0.3) is 0 Å². The van der Waals surface area contributed by atoms with E-state index in [0.29, 0.717) is 6.54 Å². The van der Waals surface area contributed by atoms with Crippen LogP contribution in [-0.4, -0.2) is 30.1 Å². The summed E-state index contributed by atoms with van der Waals surface area (Å²) in [5, 5.41) is 2.89. The second-order valence-corrected chi connectivity index (χ2v) is 3.76. The van der Waals surface area contributed by atoms with Crippen LogP contribution >= 0.6 is 0 Å². The molecule has 4 heteroatoms. The predicted molar refractivity (Wildman–Crippen MR) is 56.5 cm³/mol. The summed E-state index contributed by atoms with van der Waals surface area (Å²) in [6.07, 6.45) is 6.33. The van der Waals surface area contributed by atoms with E-state index < -0.39 is 0 Å². The van der Waals surface area contributed by atoms with E-state index in [1.165, 1.54) is 5.56 Å². The number of aromatic nitrogens is 1. The predicted octanol–water partition coefficient (Wildman–Crippen LogP) is 0.852. The van der Waals surface area contributed by atoms with Crippen molar-refractivity contribution in [1.29, 1.82) is 0 Å². The number of H-pyrrole nitrogens is 1. The lowest BCUT2D eigenvalue weighted by atomic mass is 10.2. The number of carbonyl (C=O) groups excluding carboxylic acids is 1. The van der Waals surface area contributed by atoms with Gasteiger partial charge >= 0.3 is 0 Å². The minimum Gasteiger partial charge on any atom is -0.368 e. The van der Waals surface area contributed by atoms with Crippen molar-refractivity contribution in [1.82, 2.24) is 10.3 Å². The Hall–Kier alpha value is -1.29. The van der Waals surface area contributed by atoms with E-state index in [-0.39, 0.29) is 12.0 Å². The molecule has 1 aliphatic rings. The van der Waals surface area contributed by atoms with Crippen LogP contribution in [0, 0.1) is 0 Å². The first-order chi connectivity index (χ1) is 7.36. The topological polar surface area (TPSA) is 54.1 Å². The maximum Gasteiger partial charge on any atom is 0.249 e. The van der Waals surface area contributed by atoms with Gasteiger partial charge in [0.2, 0.25) is 5.91 Å². The lowest BCUT2D eigenvalue weighted by molar-refractivity contribution is -0.129. The minimum absolute atomic E-state index is 0.0306. The molecule has 1 aromatic heterocycles. The average molecular weight is 208 g/mol. The van der Waals surface area contributed by atoms with Crippen LogP contribution in [0.3, 0.4) is 0 Å². The van der Waals surface area contributed by atoms with E-state index in [1.54, 1.807) is 0 Å². The van der Waals surface area contributed by atoms with Crippen LogP contribution in [0.1, 0.15) is 18.4 Å². The molecular weight excluding hydrogens is 192 g/mol. The lowest BCUT2D eigenvalue weighted by Crippen LogP contribution is -2.35. The molecule has 4 nitrogen and oxygen atoms in total. The third-order valence-corrected chi connectivity index (χ3v) is 2.60. The van der Waals surface area contributed by atoms with E-state index in [4.69, 9.17) is 4.74 Å². The quantitative estimate of drug-likeness (QED) is 0.770. The van der Waals surface area contributed by atoms with Gasteiger partial charge in [0.05, 0.1) is 0 Å². The summed E-state index contributed by atoms with van der Waals surface area (Å²) in [4.78, 5) is 14.5. The van der Waals surface area contributed by atoms with E-state index in [1.807, 2.05) is 18.5 Å². The zero-order chi connectivity index (χ0) is 10.5. The van der Waals surface area contributed by atoms with Gasteiger partial charge in [0, 0.05) is 25.5 Å². The molecular formula is C11H16N2O2. The summed E-state index contributed by atoms with van der Waals surface area (Å²) in [7, 11) is 0. The summed E-state index contributed by atoms with van der Waals surface area (Å²) in [5.74, 6) is 0.0306. The highest BCUT2D eigenvalue weighted by atomic mass is 16.5. The number of aromatic amines is 1. The van der Waals surface area contributed by atoms with Crippen molar-refractivity contribution >= 4 is 5.91 Å². The van der Waals surface area contributed by atoms with Gasteiger partial charge in [-0.1, -0.05) is 0 Å². The Bertz CT molecular complexity index is 302. The fourth-order valence-corrected chi connectivity index (χ4v) is 1.74. The molecule has 15 heavy (non-hydrogen) atoms.